The maximum absolute atomic E-state index is 12.9. The first-order valence-corrected chi connectivity index (χ1v) is 8.69. The molecule has 0 spiro atoms. The monoisotopic (exact) mass is 339 g/mol. The molecule has 3 N–H and O–H groups in total. The zero-order valence-corrected chi connectivity index (χ0v) is 14.1. The summed E-state index contributed by atoms with van der Waals surface area (Å²) >= 11 is 0. The van der Waals surface area contributed by atoms with Crippen LogP contribution in [0.25, 0.3) is 11.0 Å². The fourth-order valence-electron chi connectivity index (χ4n) is 3.70. The Balaban J connectivity index is 1.57. The average Bonchev–Trinajstić information content (AvgIpc) is 3.25. The minimum atomic E-state index is -0.260. The molecule has 3 heterocycles. The van der Waals surface area contributed by atoms with Crippen LogP contribution in [-0.2, 0) is 6.42 Å². The molecule has 1 aliphatic rings. The van der Waals surface area contributed by atoms with Gasteiger partial charge in [0.1, 0.15) is 0 Å². The predicted molar refractivity (Wildman–Crippen MR) is 94.8 cm³/mol. The summed E-state index contributed by atoms with van der Waals surface area (Å²) in [4.78, 5) is 31.6. The van der Waals surface area contributed by atoms with Crippen molar-refractivity contribution in [3.63, 3.8) is 0 Å². The lowest BCUT2D eigenvalue weighted by atomic mass is 9.91. The van der Waals surface area contributed by atoms with E-state index in [0.29, 0.717) is 29.1 Å². The molecule has 2 aromatic heterocycles. The fraction of sp³-hybridized carbons (Fsp3) is 0.389. The number of carbonyl (C=O) groups excluding carboxylic acids is 1. The maximum Gasteiger partial charge on any atom is 0.323 e. The predicted octanol–water partition coefficient (Wildman–Crippen LogP) is 2.16. The molecule has 130 valence electrons. The zero-order valence-electron chi connectivity index (χ0n) is 14.1. The third kappa shape index (κ3) is 2.86. The smallest absolute Gasteiger partial charge is 0.323 e. The lowest BCUT2D eigenvalue weighted by Gasteiger charge is -2.32. The van der Waals surface area contributed by atoms with Crippen LogP contribution in [-0.4, -0.2) is 44.1 Å². The number of carbonyl (C=O) groups is 1. The Labute approximate surface area is 144 Å². The number of rotatable bonds is 3. The van der Waals surface area contributed by atoms with Crippen LogP contribution in [0.15, 0.2) is 29.2 Å². The van der Waals surface area contributed by atoms with E-state index in [1.54, 1.807) is 18.2 Å². The van der Waals surface area contributed by atoms with E-state index in [2.05, 4.69) is 27.1 Å². The van der Waals surface area contributed by atoms with Crippen molar-refractivity contribution in [3.05, 3.63) is 51.7 Å². The minimum absolute atomic E-state index is 0.00575. The second-order valence-electron chi connectivity index (χ2n) is 6.59. The number of benzene rings is 1. The van der Waals surface area contributed by atoms with Crippen molar-refractivity contribution in [1.29, 1.82) is 0 Å². The third-order valence-electron chi connectivity index (χ3n) is 5.01. The van der Waals surface area contributed by atoms with E-state index in [-0.39, 0.29) is 11.6 Å². The number of likely N-dealkylation sites (tertiary alicyclic amines) is 1. The molecule has 25 heavy (non-hydrogen) atoms. The van der Waals surface area contributed by atoms with Gasteiger partial charge in [0.2, 0.25) is 0 Å². The first kappa shape index (κ1) is 15.7. The molecule has 1 aromatic carbocycles. The summed E-state index contributed by atoms with van der Waals surface area (Å²) in [5.74, 6) is 0.303. The number of hydrogen-bond donors (Lipinski definition) is 3. The van der Waals surface area contributed by atoms with E-state index in [0.717, 1.165) is 31.5 Å². The Bertz CT molecular complexity index is 967. The molecule has 0 aliphatic carbocycles. The van der Waals surface area contributed by atoms with Crippen molar-refractivity contribution in [2.24, 2.45) is 0 Å². The van der Waals surface area contributed by atoms with Crippen LogP contribution in [0, 0.1) is 0 Å². The highest BCUT2D eigenvalue weighted by Crippen LogP contribution is 2.29. The number of hydrogen-bond acceptors (Lipinski definition) is 3. The van der Waals surface area contributed by atoms with Crippen molar-refractivity contribution < 1.29 is 4.79 Å². The number of aryl methyl sites for hydroxylation is 1. The van der Waals surface area contributed by atoms with Crippen LogP contribution in [0.2, 0.25) is 0 Å². The molecule has 1 aliphatic heterocycles. The summed E-state index contributed by atoms with van der Waals surface area (Å²) in [5, 5.41) is 7.29. The molecule has 7 heteroatoms. The van der Waals surface area contributed by atoms with Crippen LogP contribution in [0.1, 0.15) is 47.3 Å². The van der Waals surface area contributed by atoms with Gasteiger partial charge in [-0.25, -0.2) is 4.79 Å². The summed E-state index contributed by atoms with van der Waals surface area (Å²) in [6.07, 6.45) is 4.85. The van der Waals surface area contributed by atoms with Crippen molar-refractivity contribution in [1.82, 2.24) is 25.1 Å². The van der Waals surface area contributed by atoms with E-state index in [9.17, 15) is 9.59 Å². The highest BCUT2D eigenvalue weighted by Gasteiger charge is 2.27. The van der Waals surface area contributed by atoms with Crippen molar-refractivity contribution in [3.8, 4) is 0 Å². The molecular formula is C18H21N5O2. The summed E-state index contributed by atoms with van der Waals surface area (Å²) in [6.45, 7) is 3.56. The van der Waals surface area contributed by atoms with Gasteiger partial charge in [-0.2, -0.15) is 5.10 Å². The van der Waals surface area contributed by atoms with Crippen LogP contribution in [0.3, 0.4) is 0 Å². The Morgan fingerprint density at radius 3 is 3.00 bits per heavy atom. The van der Waals surface area contributed by atoms with Crippen molar-refractivity contribution in [2.45, 2.75) is 32.1 Å². The van der Waals surface area contributed by atoms with Gasteiger partial charge < -0.3 is 14.9 Å². The van der Waals surface area contributed by atoms with Gasteiger partial charge in [-0.1, -0.05) is 6.92 Å². The lowest BCUT2D eigenvalue weighted by Crippen LogP contribution is -2.39. The third-order valence-corrected chi connectivity index (χ3v) is 5.01. The van der Waals surface area contributed by atoms with Gasteiger partial charge in [0.25, 0.3) is 5.91 Å². The van der Waals surface area contributed by atoms with Gasteiger partial charge in [-0.05, 0) is 43.0 Å². The van der Waals surface area contributed by atoms with Gasteiger partial charge in [-0.15, -0.1) is 0 Å². The fourth-order valence-corrected chi connectivity index (χ4v) is 3.70. The average molecular weight is 339 g/mol. The number of imidazole rings is 1. The number of fused-ring (bicyclic) bond motifs is 1. The van der Waals surface area contributed by atoms with Crippen LogP contribution in [0.4, 0.5) is 0 Å². The Kier molecular flexibility index (Phi) is 3.91. The maximum atomic E-state index is 12.9. The standard InChI is InChI=1S/C18H21N5O2/c1-2-11-9-19-22-16(11)13-4-3-7-23(10-13)17(24)12-5-6-14-15(8-12)21-18(25)20-14/h5-6,8-9,13H,2-4,7,10H2,1H3,(H,19,22)(H2,20,21,25)/t13-/m0/s1. The molecule has 1 fully saturated rings. The van der Waals surface area contributed by atoms with Gasteiger partial charge >= 0.3 is 5.69 Å². The van der Waals surface area contributed by atoms with Crippen molar-refractivity contribution >= 4 is 16.9 Å². The first-order chi connectivity index (χ1) is 12.2. The van der Waals surface area contributed by atoms with E-state index in [1.807, 2.05) is 11.1 Å². The summed E-state index contributed by atoms with van der Waals surface area (Å²) in [6, 6.07) is 5.28. The van der Waals surface area contributed by atoms with Crippen LogP contribution >= 0.6 is 0 Å². The molecule has 3 aromatic rings. The highest BCUT2D eigenvalue weighted by molar-refractivity contribution is 5.97. The van der Waals surface area contributed by atoms with Gasteiger partial charge in [0, 0.05) is 30.3 Å². The topological polar surface area (TPSA) is 97.6 Å². The molecule has 0 saturated carbocycles. The van der Waals surface area contributed by atoms with E-state index in [4.69, 9.17) is 0 Å². The molecule has 1 saturated heterocycles. The largest absolute Gasteiger partial charge is 0.338 e. The Morgan fingerprint density at radius 2 is 2.16 bits per heavy atom. The Morgan fingerprint density at radius 1 is 1.32 bits per heavy atom. The Hall–Kier alpha value is -2.83. The summed E-state index contributed by atoms with van der Waals surface area (Å²) < 4.78 is 0. The number of piperidine rings is 1. The van der Waals surface area contributed by atoms with Crippen LogP contribution in [0.5, 0.6) is 0 Å². The molecule has 0 radical (unpaired) electrons. The SMILES string of the molecule is CCc1cn[nH]c1[C@H]1CCCN(C(=O)c2ccc3[nH]c(=O)[nH]c3c2)C1. The molecule has 4 rings (SSSR count). The second-order valence-corrected chi connectivity index (χ2v) is 6.59. The van der Waals surface area contributed by atoms with E-state index >= 15 is 0 Å². The van der Waals surface area contributed by atoms with Gasteiger partial charge in [0.05, 0.1) is 17.2 Å². The van der Waals surface area contributed by atoms with Gasteiger partial charge in [-0.3, -0.25) is 9.89 Å². The number of nitrogens with one attached hydrogen (secondary N) is 3. The minimum Gasteiger partial charge on any atom is -0.338 e. The second kappa shape index (κ2) is 6.23. The highest BCUT2D eigenvalue weighted by atomic mass is 16.2. The quantitative estimate of drug-likeness (QED) is 0.682. The molecule has 1 amide bonds. The van der Waals surface area contributed by atoms with Gasteiger partial charge in [0.15, 0.2) is 0 Å². The number of aromatic amines is 3. The molecule has 0 unspecified atom stereocenters. The van der Waals surface area contributed by atoms with E-state index in [1.165, 1.54) is 5.56 Å². The zero-order chi connectivity index (χ0) is 17.4. The lowest BCUT2D eigenvalue weighted by molar-refractivity contribution is 0.0705. The number of H-pyrrole nitrogens is 3. The molecule has 7 nitrogen and oxygen atoms in total. The van der Waals surface area contributed by atoms with Crippen molar-refractivity contribution in [2.75, 3.05) is 13.1 Å². The number of aromatic nitrogens is 4. The molecular weight excluding hydrogens is 318 g/mol. The normalized spacial score (nSPS) is 18.0. The van der Waals surface area contributed by atoms with Crippen LogP contribution < -0.4 is 5.69 Å². The van der Waals surface area contributed by atoms with E-state index < -0.39 is 0 Å². The number of nitrogens with zero attached hydrogens (tertiary/aromatic N) is 2. The summed E-state index contributed by atoms with van der Waals surface area (Å²) in [5.41, 5.74) is 4.10. The molecule has 1 atom stereocenters. The first-order valence-electron chi connectivity index (χ1n) is 8.69. The summed E-state index contributed by atoms with van der Waals surface area (Å²) in [7, 11) is 0. The number of amides is 1. The molecule has 0 bridgehead atoms.